The lowest BCUT2D eigenvalue weighted by molar-refractivity contribution is 0.00751. The smallest absolute Gasteiger partial charge is 0.410 e. The molecule has 0 aromatic heterocycles. The van der Waals surface area contributed by atoms with E-state index in [1.807, 2.05) is 56.6 Å². The summed E-state index contributed by atoms with van der Waals surface area (Å²) in [5.74, 6) is 2.33. The number of amides is 3. The van der Waals surface area contributed by atoms with Crippen molar-refractivity contribution in [2.75, 3.05) is 81.0 Å². The summed E-state index contributed by atoms with van der Waals surface area (Å²) in [6, 6.07) is 10.9. The minimum Gasteiger partial charge on any atom is -0.497 e. The van der Waals surface area contributed by atoms with Crippen molar-refractivity contribution < 1.29 is 47.5 Å². The number of carbonyl (C=O) groups is 3. The highest BCUT2D eigenvalue weighted by atomic mass is 35.5. The minimum atomic E-state index is -0.558. The van der Waals surface area contributed by atoms with Crippen LogP contribution in [0.2, 0.25) is 0 Å². The summed E-state index contributed by atoms with van der Waals surface area (Å²) in [6.07, 6.45) is 4.96. The molecule has 2 aromatic carbocycles. The topological polar surface area (TPSA) is 138 Å². The molecule has 340 valence electrons. The van der Waals surface area contributed by atoms with Crippen LogP contribution in [0, 0.1) is 0 Å². The third-order valence-corrected chi connectivity index (χ3v) is 9.94. The Bertz CT molecular complexity index is 1600. The van der Waals surface area contributed by atoms with Crippen molar-refractivity contribution >= 4 is 30.3 Å². The Morgan fingerprint density at radius 2 is 1.17 bits per heavy atom. The zero-order valence-corrected chi connectivity index (χ0v) is 38.8. The third-order valence-electron chi connectivity index (χ3n) is 9.94. The summed E-state index contributed by atoms with van der Waals surface area (Å²) >= 11 is 0. The number of nitrogens with one attached hydrogen (secondary N) is 1. The first kappa shape index (κ1) is 52.2. The van der Waals surface area contributed by atoms with Crippen LogP contribution < -0.4 is 24.3 Å². The quantitative estimate of drug-likeness (QED) is 0.149. The van der Waals surface area contributed by atoms with Gasteiger partial charge in [-0.25, -0.2) is 4.79 Å². The largest absolute Gasteiger partial charge is 0.497 e. The number of rotatable bonds is 18. The molecule has 60 heavy (non-hydrogen) atoms. The first-order chi connectivity index (χ1) is 28.1. The SMILES string of the molecule is COCCCOc1cc(OC)cc(C(=O)N(C(C)C)[C@@H]2CCCN(C(=O)OC(C)(C)C)C2)c1.COCCCOc1cc(OC)cc(C(=O)N(C(C)C)[C@@H]2CCCNC2)c1.Cl. The van der Waals surface area contributed by atoms with Crippen molar-refractivity contribution in [3.63, 3.8) is 0 Å². The molecule has 0 spiro atoms. The first-order valence-corrected chi connectivity index (χ1v) is 21.1. The van der Waals surface area contributed by atoms with Gasteiger partial charge >= 0.3 is 6.09 Å². The van der Waals surface area contributed by atoms with Gasteiger partial charge in [0.2, 0.25) is 0 Å². The molecular formula is C45H73ClN4O10. The average Bonchev–Trinajstić information content (AvgIpc) is 3.20. The molecule has 1 N–H and O–H groups in total. The number of methoxy groups -OCH3 is 4. The van der Waals surface area contributed by atoms with E-state index in [0.29, 0.717) is 73.6 Å². The number of nitrogens with zero attached hydrogens (tertiary/aromatic N) is 3. The lowest BCUT2D eigenvalue weighted by Gasteiger charge is -2.41. The molecule has 0 bridgehead atoms. The zero-order valence-electron chi connectivity index (χ0n) is 38.0. The highest BCUT2D eigenvalue weighted by molar-refractivity contribution is 5.96. The van der Waals surface area contributed by atoms with Gasteiger partial charge in [0.15, 0.2) is 0 Å². The van der Waals surface area contributed by atoms with E-state index in [9.17, 15) is 14.4 Å². The van der Waals surface area contributed by atoms with Crippen LogP contribution in [0.15, 0.2) is 36.4 Å². The second-order valence-corrected chi connectivity index (χ2v) is 16.5. The van der Waals surface area contributed by atoms with Crippen LogP contribution in [0.5, 0.6) is 23.0 Å². The van der Waals surface area contributed by atoms with E-state index in [0.717, 1.165) is 51.6 Å². The number of hydrogen-bond acceptors (Lipinski definition) is 11. The number of carbonyl (C=O) groups excluding carboxylic acids is 3. The van der Waals surface area contributed by atoms with Gasteiger partial charge < -0.3 is 53.2 Å². The van der Waals surface area contributed by atoms with Crippen LogP contribution in [-0.4, -0.2) is 143 Å². The Labute approximate surface area is 365 Å². The molecule has 0 saturated carbocycles. The van der Waals surface area contributed by atoms with Gasteiger partial charge in [-0.2, -0.15) is 0 Å². The molecular weight excluding hydrogens is 792 g/mol. The van der Waals surface area contributed by atoms with E-state index in [2.05, 4.69) is 19.2 Å². The Balaban J connectivity index is 0.000000418. The van der Waals surface area contributed by atoms with Crippen molar-refractivity contribution in [2.24, 2.45) is 0 Å². The molecule has 14 nitrogen and oxygen atoms in total. The van der Waals surface area contributed by atoms with Crippen molar-refractivity contribution in [1.29, 1.82) is 0 Å². The summed E-state index contributed by atoms with van der Waals surface area (Å²) in [4.78, 5) is 45.1. The van der Waals surface area contributed by atoms with E-state index in [1.165, 1.54) is 0 Å². The van der Waals surface area contributed by atoms with E-state index in [4.69, 9.17) is 33.2 Å². The average molecular weight is 866 g/mol. The molecule has 2 atom stereocenters. The second kappa shape index (κ2) is 26.4. The second-order valence-electron chi connectivity index (χ2n) is 16.5. The monoisotopic (exact) mass is 865 g/mol. The van der Waals surface area contributed by atoms with Gasteiger partial charge in [0.05, 0.1) is 33.5 Å². The molecule has 3 amide bonds. The van der Waals surface area contributed by atoms with Gasteiger partial charge in [0.1, 0.15) is 28.6 Å². The molecule has 2 fully saturated rings. The molecule has 0 radical (unpaired) electrons. The van der Waals surface area contributed by atoms with Gasteiger partial charge in [-0.05, 0) is 105 Å². The third kappa shape index (κ3) is 16.8. The van der Waals surface area contributed by atoms with Crippen LogP contribution in [0.4, 0.5) is 4.79 Å². The minimum absolute atomic E-state index is 0. The van der Waals surface area contributed by atoms with E-state index < -0.39 is 5.60 Å². The molecule has 2 aliphatic rings. The molecule has 2 saturated heterocycles. The van der Waals surface area contributed by atoms with E-state index >= 15 is 0 Å². The standard InChI is InChI=1S/C25H40N2O6.C20H32N2O4.ClH/c1-18(2)27(20-10-8-11-26(17-20)24(29)33-25(3,4)5)23(28)19-14-21(31-7)16-22(15-19)32-13-9-12-30-6;1-15(2)22(17-7-5-8-21-14-17)20(23)16-11-18(25-4)13-19(12-16)26-10-6-9-24-3;/h14-16,18,20H,8-13,17H2,1-7H3;11-13,15,17,21H,5-10,14H2,1-4H3;1H/t20-;17-;/m11./s1. The van der Waals surface area contributed by atoms with Crippen LogP contribution in [0.3, 0.4) is 0 Å². The fourth-order valence-corrected chi connectivity index (χ4v) is 7.27. The fourth-order valence-electron chi connectivity index (χ4n) is 7.27. The van der Waals surface area contributed by atoms with E-state index in [-0.39, 0.29) is 54.5 Å². The highest BCUT2D eigenvalue weighted by Crippen LogP contribution is 2.29. The number of likely N-dealkylation sites (tertiary alicyclic amines) is 1. The van der Waals surface area contributed by atoms with Crippen LogP contribution >= 0.6 is 12.4 Å². The summed E-state index contributed by atoms with van der Waals surface area (Å²) in [7, 11) is 6.49. The fraction of sp³-hybridized carbons (Fsp3) is 0.667. The maximum Gasteiger partial charge on any atom is 0.410 e. The van der Waals surface area contributed by atoms with Crippen LogP contribution in [0.25, 0.3) is 0 Å². The summed E-state index contributed by atoms with van der Waals surface area (Å²) < 4.78 is 38.0. The zero-order chi connectivity index (χ0) is 43.5. The highest BCUT2D eigenvalue weighted by Gasteiger charge is 2.35. The Kier molecular flexibility index (Phi) is 22.9. The predicted molar refractivity (Wildman–Crippen MR) is 237 cm³/mol. The molecule has 15 heteroatoms. The van der Waals surface area contributed by atoms with Gasteiger partial charge in [0, 0.05) is 101 Å². The normalized spacial score (nSPS) is 16.5. The van der Waals surface area contributed by atoms with Gasteiger partial charge in [-0.15, -0.1) is 12.4 Å². The van der Waals surface area contributed by atoms with Crippen LogP contribution in [-0.2, 0) is 14.2 Å². The van der Waals surface area contributed by atoms with Crippen molar-refractivity contribution in [3.05, 3.63) is 47.5 Å². The Hall–Kier alpha value is -3.98. The van der Waals surface area contributed by atoms with E-state index in [1.54, 1.807) is 57.6 Å². The summed E-state index contributed by atoms with van der Waals surface area (Å²) in [5, 5.41) is 3.40. The first-order valence-electron chi connectivity index (χ1n) is 21.1. The Morgan fingerprint density at radius 3 is 1.58 bits per heavy atom. The summed E-state index contributed by atoms with van der Waals surface area (Å²) in [5.41, 5.74) is 0.544. The summed E-state index contributed by atoms with van der Waals surface area (Å²) in [6.45, 7) is 18.9. The molecule has 0 unspecified atom stereocenters. The molecule has 2 aliphatic heterocycles. The van der Waals surface area contributed by atoms with Crippen LogP contribution in [0.1, 0.15) is 108 Å². The Morgan fingerprint density at radius 1 is 0.700 bits per heavy atom. The van der Waals surface area contributed by atoms with Crippen molar-refractivity contribution in [3.8, 4) is 23.0 Å². The lowest BCUT2D eigenvalue weighted by Crippen LogP contribution is -2.54. The lowest BCUT2D eigenvalue weighted by atomic mass is 10.0. The number of piperidine rings is 2. The van der Waals surface area contributed by atoms with Gasteiger partial charge in [-0.1, -0.05) is 0 Å². The number of halogens is 1. The molecule has 0 aliphatic carbocycles. The molecule has 2 aromatic rings. The maximum absolute atomic E-state index is 13.6. The van der Waals surface area contributed by atoms with Gasteiger partial charge in [0.25, 0.3) is 11.8 Å². The van der Waals surface area contributed by atoms with Gasteiger partial charge in [-0.3, -0.25) is 9.59 Å². The maximum atomic E-state index is 13.6. The number of hydrogen-bond donors (Lipinski definition) is 1. The van der Waals surface area contributed by atoms with Crippen molar-refractivity contribution in [2.45, 2.75) is 117 Å². The molecule has 4 rings (SSSR count). The number of ether oxygens (including phenoxy) is 7. The number of benzene rings is 2. The van der Waals surface area contributed by atoms with Crippen molar-refractivity contribution in [1.82, 2.24) is 20.0 Å². The predicted octanol–water partition coefficient (Wildman–Crippen LogP) is 7.50. The molecule has 2 heterocycles.